The highest BCUT2D eigenvalue weighted by molar-refractivity contribution is 5.92. The van der Waals surface area contributed by atoms with E-state index in [0.29, 0.717) is 18.5 Å². The Morgan fingerprint density at radius 1 is 1.58 bits per heavy atom. The van der Waals surface area contributed by atoms with Crippen molar-refractivity contribution in [3.63, 3.8) is 0 Å². The van der Waals surface area contributed by atoms with Gasteiger partial charge in [-0.05, 0) is 50.2 Å². The third kappa shape index (κ3) is 3.60. The Bertz CT molecular complexity index is 410. The van der Waals surface area contributed by atoms with Crippen molar-refractivity contribution in [1.29, 1.82) is 0 Å². The van der Waals surface area contributed by atoms with E-state index in [9.17, 15) is 4.79 Å². The number of aliphatic hydroxyl groups excluding tert-OH is 1. The van der Waals surface area contributed by atoms with E-state index in [1.807, 2.05) is 25.3 Å². The molecule has 0 aliphatic heterocycles. The van der Waals surface area contributed by atoms with Gasteiger partial charge in [0.05, 0.1) is 0 Å². The van der Waals surface area contributed by atoms with Crippen LogP contribution in [0.5, 0.6) is 0 Å². The number of amides is 1. The van der Waals surface area contributed by atoms with Gasteiger partial charge >= 0.3 is 0 Å². The topological polar surface area (TPSA) is 54.3 Å². The molecule has 19 heavy (non-hydrogen) atoms. The van der Waals surface area contributed by atoms with Crippen molar-refractivity contribution >= 4 is 5.91 Å². The van der Waals surface area contributed by atoms with Gasteiger partial charge in [0, 0.05) is 25.4 Å². The van der Waals surface area contributed by atoms with E-state index in [-0.39, 0.29) is 12.5 Å². The molecule has 0 spiro atoms. The minimum atomic E-state index is 0.0218. The van der Waals surface area contributed by atoms with E-state index >= 15 is 0 Å². The molecule has 1 atom stereocenters. The maximum Gasteiger partial charge on any atom is 0.267 e. The Hall–Kier alpha value is -1.29. The van der Waals surface area contributed by atoms with E-state index in [1.165, 1.54) is 19.3 Å². The molecule has 1 amide bonds. The molecule has 2 N–H and O–H groups in total. The van der Waals surface area contributed by atoms with E-state index < -0.39 is 0 Å². The lowest BCUT2D eigenvalue weighted by Gasteiger charge is -2.28. The Balaban J connectivity index is 1.78. The number of hydrogen-bond donors (Lipinski definition) is 2. The molecule has 1 aromatic rings. The Morgan fingerprint density at radius 2 is 2.37 bits per heavy atom. The molecule has 1 unspecified atom stereocenters. The monoisotopic (exact) mass is 264 g/mol. The normalized spacial score (nSPS) is 16.9. The number of aromatic nitrogens is 1. The predicted octanol–water partition coefficient (Wildman–Crippen LogP) is 2.35. The summed E-state index contributed by atoms with van der Waals surface area (Å²) in [6, 6.07) is 4.36. The van der Waals surface area contributed by atoms with E-state index in [1.54, 1.807) is 0 Å². The van der Waals surface area contributed by atoms with Crippen LogP contribution in [0.4, 0.5) is 0 Å². The Kier molecular flexibility index (Phi) is 5.02. The van der Waals surface area contributed by atoms with Gasteiger partial charge in [0.1, 0.15) is 5.69 Å². The van der Waals surface area contributed by atoms with Crippen LogP contribution in [0.15, 0.2) is 18.3 Å². The fourth-order valence-electron chi connectivity index (χ4n) is 2.40. The highest BCUT2D eigenvalue weighted by atomic mass is 16.3. The summed E-state index contributed by atoms with van der Waals surface area (Å²) in [4.78, 5) is 12.1. The van der Waals surface area contributed by atoms with Crippen LogP contribution in [0.1, 0.15) is 55.6 Å². The molecule has 1 aliphatic carbocycles. The smallest absolute Gasteiger partial charge is 0.267 e. The van der Waals surface area contributed by atoms with Crippen LogP contribution in [0.25, 0.3) is 0 Å². The average Bonchev–Trinajstić information content (AvgIpc) is 2.80. The zero-order valence-corrected chi connectivity index (χ0v) is 11.6. The van der Waals surface area contributed by atoms with Crippen LogP contribution in [0.3, 0.4) is 0 Å². The third-order valence-corrected chi connectivity index (χ3v) is 3.95. The molecule has 1 saturated carbocycles. The lowest BCUT2D eigenvalue weighted by molar-refractivity contribution is 0.0937. The first-order chi connectivity index (χ1) is 9.22. The predicted molar refractivity (Wildman–Crippen MR) is 75.1 cm³/mol. The number of aliphatic hydroxyl groups is 1. The van der Waals surface area contributed by atoms with Gasteiger partial charge in [-0.15, -0.1) is 0 Å². The first kappa shape index (κ1) is 14.1. The van der Waals surface area contributed by atoms with Gasteiger partial charge in [-0.3, -0.25) is 4.79 Å². The maximum absolute atomic E-state index is 12.1. The lowest BCUT2D eigenvalue weighted by atomic mass is 9.93. The van der Waals surface area contributed by atoms with Crippen molar-refractivity contribution in [2.45, 2.75) is 45.1 Å². The minimum Gasteiger partial charge on any atom is -0.396 e. The SMILES string of the molecule is CC(CO)CCCNC(=O)c1cccn1C1CCC1. The second-order valence-corrected chi connectivity index (χ2v) is 5.57. The average molecular weight is 264 g/mol. The van der Waals surface area contributed by atoms with Gasteiger partial charge in [-0.2, -0.15) is 0 Å². The van der Waals surface area contributed by atoms with Crippen LogP contribution in [0.2, 0.25) is 0 Å². The first-order valence-corrected chi connectivity index (χ1v) is 7.28. The number of rotatable bonds is 7. The molecule has 4 heteroatoms. The largest absolute Gasteiger partial charge is 0.396 e. The molecule has 0 bridgehead atoms. The summed E-state index contributed by atoms with van der Waals surface area (Å²) < 4.78 is 2.11. The molecule has 1 heterocycles. The number of hydrogen-bond acceptors (Lipinski definition) is 2. The Morgan fingerprint density at radius 3 is 3.00 bits per heavy atom. The fraction of sp³-hybridized carbons (Fsp3) is 0.667. The van der Waals surface area contributed by atoms with Crippen LogP contribution in [-0.4, -0.2) is 28.7 Å². The molecule has 0 aromatic carbocycles. The highest BCUT2D eigenvalue weighted by Crippen LogP contribution is 2.32. The third-order valence-electron chi connectivity index (χ3n) is 3.95. The number of carbonyl (C=O) groups is 1. The van der Waals surface area contributed by atoms with Gasteiger partial charge in [0.2, 0.25) is 0 Å². The minimum absolute atomic E-state index is 0.0218. The van der Waals surface area contributed by atoms with Crippen LogP contribution in [-0.2, 0) is 0 Å². The van der Waals surface area contributed by atoms with Crippen molar-refractivity contribution in [2.24, 2.45) is 5.92 Å². The van der Waals surface area contributed by atoms with Gasteiger partial charge in [0.25, 0.3) is 5.91 Å². The van der Waals surface area contributed by atoms with E-state index in [0.717, 1.165) is 18.5 Å². The maximum atomic E-state index is 12.1. The quantitative estimate of drug-likeness (QED) is 0.743. The summed E-state index contributed by atoms with van der Waals surface area (Å²) >= 11 is 0. The zero-order valence-electron chi connectivity index (χ0n) is 11.6. The van der Waals surface area contributed by atoms with Gasteiger partial charge in [-0.1, -0.05) is 6.92 Å². The summed E-state index contributed by atoms with van der Waals surface area (Å²) in [5.41, 5.74) is 0.778. The summed E-state index contributed by atoms with van der Waals surface area (Å²) in [6.45, 7) is 2.92. The molecule has 4 nitrogen and oxygen atoms in total. The molecule has 106 valence electrons. The van der Waals surface area contributed by atoms with E-state index in [4.69, 9.17) is 5.11 Å². The van der Waals surface area contributed by atoms with Crippen molar-refractivity contribution in [3.05, 3.63) is 24.0 Å². The molecule has 0 radical (unpaired) electrons. The molecule has 1 aromatic heterocycles. The zero-order chi connectivity index (χ0) is 13.7. The number of carbonyl (C=O) groups excluding carboxylic acids is 1. The van der Waals surface area contributed by atoms with E-state index in [2.05, 4.69) is 9.88 Å². The summed E-state index contributed by atoms with van der Waals surface area (Å²) in [7, 11) is 0. The van der Waals surface area contributed by atoms with Crippen LogP contribution >= 0.6 is 0 Å². The molecule has 1 fully saturated rings. The molecular weight excluding hydrogens is 240 g/mol. The Labute approximate surface area is 114 Å². The number of nitrogens with one attached hydrogen (secondary N) is 1. The van der Waals surface area contributed by atoms with Crippen LogP contribution in [0, 0.1) is 5.92 Å². The molecule has 2 rings (SSSR count). The van der Waals surface area contributed by atoms with Crippen molar-refractivity contribution < 1.29 is 9.90 Å². The van der Waals surface area contributed by atoms with Crippen molar-refractivity contribution in [2.75, 3.05) is 13.2 Å². The van der Waals surface area contributed by atoms with Crippen molar-refractivity contribution in [3.8, 4) is 0 Å². The van der Waals surface area contributed by atoms with Gasteiger partial charge in [-0.25, -0.2) is 0 Å². The molecular formula is C15H24N2O2. The second kappa shape index (κ2) is 6.75. The molecule has 0 saturated heterocycles. The summed E-state index contributed by atoms with van der Waals surface area (Å²) in [5.74, 6) is 0.337. The van der Waals surface area contributed by atoms with Crippen LogP contribution < -0.4 is 5.32 Å². The molecule has 1 aliphatic rings. The highest BCUT2D eigenvalue weighted by Gasteiger charge is 2.22. The number of nitrogens with zero attached hydrogens (tertiary/aromatic N) is 1. The van der Waals surface area contributed by atoms with Crippen molar-refractivity contribution in [1.82, 2.24) is 9.88 Å². The first-order valence-electron chi connectivity index (χ1n) is 7.28. The standard InChI is InChI=1S/C15H24N2O2/c1-12(11-18)5-3-9-16-15(19)14-8-4-10-17(14)13-6-2-7-13/h4,8,10,12-13,18H,2-3,5-7,9,11H2,1H3,(H,16,19). The van der Waals surface area contributed by atoms with Gasteiger partial charge in [0.15, 0.2) is 0 Å². The van der Waals surface area contributed by atoms with Gasteiger partial charge < -0.3 is 15.0 Å². The summed E-state index contributed by atoms with van der Waals surface area (Å²) in [5, 5.41) is 11.9. The fourth-order valence-corrected chi connectivity index (χ4v) is 2.40. The second-order valence-electron chi connectivity index (χ2n) is 5.57. The summed E-state index contributed by atoms with van der Waals surface area (Å²) in [6.07, 6.45) is 7.50. The lowest BCUT2D eigenvalue weighted by Crippen LogP contribution is -2.29.